The lowest BCUT2D eigenvalue weighted by molar-refractivity contribution is -0.137. The third-order valence-corrected chi connectivity index (χ3v) is 2.00. The van der Waals surface area contributed by atoms with Gasteiger partial charge in [0.2, 0.25) is 0 Å². The van der Waals surface area contributed by atoms with Crippen molar-refractivity contribution in [1.82, 2.24) is 4.90 Å². The molecule has 0 amide bonds. The predicted molar refractivity (Wildman–Crippen MR) is 47.8 cm³/mol. The van der Waals surface area contributed by atoms with Gasteiger partial charge in [0.05, 0.1) is 6.42 Å². The zero-order chi connectivity index (χ0) is 11.4. The molecule has 0 saturated heterocycles. The average molecular weight is 225 g/mol. The topological polar surface area (TPSA) is 148 Å². The summed E-state index contributed by atoms with van der Waals surface area (Å²) in [7, 11) is -4.32. The number of aliphatic carboxylic acids is 1. The van der Waals surface area contributed by atoms with Crippen LogP contribution in [0.25, 0.3) is 0 Å². The van der Waals surface area contributed by atoms with Crippen LogP contribution >= 0.6 is 7.60 Å². The van der Waals surface area contributed by atoms with E-state index in [9.17, 15) is 9.36 Å². The van der Waals surface area contributed by atoms with E-state index < -0.39 is 25.8 Å². The Morgan fingerprint density at radius 1 is 1.50 bits per heavy atom. The van der Waals surface area contributed by atoms with Crippen molar-refractivity contribution in [3.63, 3.8) is 0 Å². The van der Waals surface area contributed by atoms with Gasteiger partial charge in [-0.05, 0) is 0 Å². The molecule has 0 heterocycles. The summed E-state index contributed by atoms with van der Waals surface area (Å²) in [5.41, 5.74) is 5.00. The molecule has 0 aliphatic heterocycles. The lowest BCUT2D eigenvalue weighted by Crippen LogP contribution is -2.38. The van der Waals surface area contributed by atoms with E-state index in [1.807, 2.05) is 0 Å². The minimum absolute atomic E-state index is 0.199. The molecular formula is C5H12N3O5P. The van der Waals surface area contributed by atoms with E-state index >= 15 is 0 Å². The van der Waals surface area contributed by atoms with E-state index in [0.29, 0.717) is 0 Å². The van der Waals surface area contributed by atoms with E-state index in [2.05, 4.69) is 0 Å². The summed E-state index contributed by atoms with van der Waals surface area (Å²) < 4.78 is 10.5. The van der Waals surface area contributed by atoms with Crippen LogP contribution in [-0.4, -0.2) is 44.6 Å². The van der Waals surface area contributed by atoms with E-state index in [1.54, 1.807) is 0 Å². The molecule has 0 saturated carbocycles. The second-order valence-corrected chi connectivity index (χ2v) is 4.21. The summed E-state index contributed by atoms with van der Waals surface area (Å²) in [6.07, 6.45) is -1.07. The molecule has 0 aliphatic carbocycles. The molecule has 0 unspecified atom stereocenters. The van der Waals surface area contributed by atoms with Crippen LogP contribution in [0.15, 0.2) is 0 Å². The Morgan fingerprint density at radius 3 is 2.29 bits per heavy atom. The average Bonchev–Trinajstić information content (AvgIpc) is 1.94. The number of hydrogen-bond acceptors (Lipinski definition) is 3. The van der Waals surface area contributed by atoms with Gasteiger partial charge in [-0.15, -0.1) is 0 Å². The molecular weight excluding hydrogens is 213 g/mol. The first-order chi connectivity index (χ1) is 6.22. The minimum atomic E-state index is -4.32. The Labute approximate surface area is 80.0 Å². The Balaban J connectivity index is 4.24. The maximum absolute atomic E-state index is 10.5. The van der Waals surface area contributed by atoms with E-state index in [0.717, 1.165) is 4.90 Å². The fraction of sp³-hybridized carbons (Fsp3) is 0.600. The quantitative estimate of drug-likeness (QED) is 0.224. The van der Waals surface area contributed by atoms with Gasteiger partial charge in [-0.3, -0.25) is 14.8 Å². The first kappa shape index (κ1) is 12.9. The first-order valence-corrected chi connectivity index (χ1v) is 5.37. The number of nitrogens with one attached hydrogen (secondary N) is 1. The van der Waals surface area contributed by atoms with Crippen molar-refractivity contribution in [2.45, 2.75) is 6.42 Å². The SMILES string of the molecule is N=C(N)N(CCC(=O)O)CP(=O)(O)O. The van der Waals surface area contributed by atoms with Gasteiger partial charge in [0.25, 0.3) is 0 Å². The van der Waals surface area contributed by atoms with Crippen molar-refractivity contribution in [2.75, 3.05) is 12.8 Å². The summed E-state index contributed by atoms with van der Waals surface area (Å²) in [6, 6.07) is 0. The number of carboxylic acid groups (broad SMARTS) is 1. The van der Waals surface area contributed by atoms with Crippen LogP contribution in [-0.2, 0) is 9.36 Å². The van der Waals surface area contributed by atoms with Crippen molar-refractivity contribution in [3.05, 3.63) is 0 Å². The van der Waals surface area contributed by atoms with Gasteiger partial charge in [0.15, 0.2) is 5.96 Å². The minimum Gasteiger partial charge on any atom is -0.481 e. The zero-order valence-corrected chi connectivity index (χ0v) is 8.15. The Hall–Kier alpha value is -1.11. The van der Waals surface area contributed by atoms with E-state index in [-0.39, 0.29) is 13.0 Å². The number of nitrogens with two attached hydrogens (primary N) is 1. The zero-order valence-electron chi connectivity index (χ0n) is 7.25. The lowest BCUT2D eigenvalue weighted by atomic mass is 10.4. The summed E-state index contributed by atoms with van der Waals surface area (Å²) in [5, 5.41) is 15.3. The summed E-state index contributed by atoms with van der Waals surface area (Å²) in [4.78, 5) is 28.1. The van der Waals surface area contributed by atoms with Crippen molar-refractivity contribution in [2.24, 2.45) is 5.73 Å². The molecule has 82 valence electrons. The van der Waals surface area contributed by atoms with Crippen LogP contribution in [0.2, 0.25) is 0 Å². The smallest absolute Gasteiger partial charge is 0.344 e. The number of carboxylic acids is 1. The molecule has 8 nitrogen and oxygen atoms in total. The van der Waals surface area contributed by atoms with Crippen molar-refractivity contribution >= 4 is 19.5 Å². The maximum atomic E-state index is 10.5. The summed E-state index contributed by atoms with van der Waals surface area (Å²) >= 11 is 0. The van der Waals surface area contributed by atoms with Crippen LogP contribution in [0.1, 0.15) is 6.42 Å². The number of rotatable bonds is 5. The Kier molecular flexibility index (Phi) is 4.55. The molecule has 0 aromatic rings. The fourth-order valence-corrected chi connectivity index (χ4v) is 1.46. The largest absolute Gasteiger partial charge is 0.481 e. The molecule has 14 heavy (non-hydrogen) atoms. The molecule has 0 rings (SSSR count). The molecule has 0 radical (unpaired) electrons. The first-order valence-electron chi connectivity index (χ1n) is 3.57. The van der Waals surface area contributed by atoms with Crippen LogP contribution in [0, 0.1) is 5.41 Å². The number of guanidine groups is 1. The standard InChI is InChI=1S/C5H12N3O5P/c6-5(7)8(2-1-4(9)10)3-14(11,12)13/h1-3H2,(H3,6,7)(H,9,10)(H2,11,12,13). The lowest BCUT2D eigenvalue weighted by Gasteiger charge is -2.21. The number of hydrogen-bond donors (Lipinski definition) is 5. The Bertz CT molecular complexity index is 275. The highest BCUT2D eigenvalue weighted by atomic mass is 31.2. The fourth-order valence-electron chi connectivity index (χ4n) is 0.720. The highest BCUT2D eigenvalue weighted by molar-refractivity contribution is 7.51. The van der Waals surface area contributed by atoms with Gasteiger partial charge in [0.1, 0.15) is 6.29 Å². The third-order valence-electron chi connectivity index (χ3n) is 1.29. The third kappa shape index (κ3) is 6.41. The van der Waals surface area contributed by atoms with Crippen molar-refractivity contribution in [3.8, 4) is 0 Å². The van der Waals surface area contributed by atoms with Gasteiger partial charge >= 0.3 is 13.6 Å². The van der Waals surface area contributed by atoms with Crippen molar-refractivity contribution in [1.29, 1.82) is 5.41 Å². The molecule has 0 aromatic carbocycles. The predicted octanol–water partition coefficient (Wildman–Crippen LogP) is -1.21. The normalized spacial score (nSPS) is 11.0. The van der Waals surface area contributed by atoms with Crippen LogP contribution in [0.3, 0.4) is 0 Å². The number of nitrogens with zero attached hydrogens (tertiary/aromatic N) is 1. The molecule has 0 fully saturated rings. The molecule has 6 N–H and O–H groups in total. The van der Waals surface area contributed by atoms with Gasteiger partial charge < -0.3 is 25.5 Å². The molecule has 0 aliphatic rings. The van der Waals surface area contributed by atoms with Crippen LogP contribution in [0.5, 0.6) is 0 Å². The van der Waals surface area contributed by atoms with Gasteiger partial charge in [-0.1, -0.05) is 0 Å². The second-order valence-electron chi connectivity index (χ2n) is 2.60. The van der Waals surface area contributed by atoms with Crippen molar-refractivity contribution < 1.29 is 24.3 Å². The molecule has 0 aromatic heterocycles. The van der Waals surface area contributed by atoms with Crippen LogP contribution < -0.4 is 5.73 Å². The van der Waals surface area contributed by atoms with Crippen LogP contribution in [0.4, 0.5) is 0 Å². The molecule has 0 spiro atoms. The van der Waals surface area contributed by atoms with E-state index in [4.69, 9.17) is 26.0 Å². The second kappa shape index (κ2) is 4.94. The molecule has 0 bridgehead atoms. The van der Waals surface area contributed by atoms with Gasteiger partial charge in [0, 0.05) is 6.54 Å². The van der Waals surface area contributed by atoms with Gasteiger partial charge in [-0.2, -0.15) is 0 Å². The molecule has 0 atom stereocenters. The maximum Gasteiger partial charge on any atom is 0.344 e. The highest BCUT2D eigenvalue weighted by Gasteiger charge is 2.20. The monoisotopic (exact) mass is 225 g/mol. The summed E-state index contributed by atoms with van der Waals surface area (Å²) in [5.74, 6) is -1.68. The summed E-state index contributed by atoms with van der Waals surface area (Å²) in [6.45, 7) is -0.199. The van der Waals surface area contributed by atoms with E-state index in [1.165, 1.54) is 0 Å². The Morgan fingerprint density at radius 2 is 2.00 bits per heavy atom. The number of carbonyl (C=O) groups is 1. The molecule has 9 heteroatoms. The highest BCUT2D eigenvalue weighted by Crippen LogP contribution is 2.34. The van der Waals surface area contributed by atoms with Gasteiger partial charge in [-0.25, -0.2) is 0 Å².